The van der Waals surface area contributed by atoms with Crippen LogP contribution >= 0.6 is 11.3 Å². The van der Waals surface area contributed by atoms with Gasteiger partial charge in [0.05, 0.1) is 24.0 Å². The highest BCUT2D eigenvalue weighted by molar-refractivity contribution is 7.20. The molecule has 0 atom stereocenters. The van der Waals surface area contributed by atoms with Crippen molar-refractivity contribution in [2.24, 2.45) is 5.92 Å². The standard InChI is InChI=1S/C27H29NO6S/c1-33-23-5-2-6-24-21(23)16-25(35-24)26(30)28-15-3-4-22(29)17-7-11-19(12-8-17)34-20-13-9-18(10-14-20)27(31)32/h2,5-8,11-12,16,18,20H,3-4,9-10,13-15H2,1H3,(H,28,30)(H,31,32). The number of carboxylic acid groups (broad SMARTS) is 1. The molecule has 0 spiro atoms. The number of rotatable bonds is 10. The predicted molar refractivity (Wildman–Crippen MR) is 135 cm³/mol. The van der Waals surface area contributed by atoms with Crippen LogP contribution in [0, 0.1) is 5.92 Å². The first-order chi connectivity index (χ1) is 16.9. The summed E-state index contributed by atoms with van der Waals surface area (Å²) in [6.45, 7) is 0.413. The lowest BCUT2D eigenvalue weighted by molar-refractivity contribution is -0.143. The average molecular weight is 496 g/mol. The second-order valence-corrected chi connectivity index (χ2v) is 9.80. The van der Waals surface area contributed by atoms with Crippen molar-refractivity contribution in [2.45, 2.75) is 44.6 Å². The Labute approximate surface area is 208 Å². The van der Waals surface area contributed by atoms with Crippen LogP contribution in [-0.4, -0.2) is 42.5 Å². The Morgan fingerprint density at radius 1 is 1.06 bits per heavy atom. The minimum absolute atomic E-state index is 0.0118. The molecule has 3 aromatic rings. The fraction of sp³-hybridized carbons (Fsp3) is 0.370. The highest BCUT2D eigenvalue weighted by atomic mass is 32.1. The first-order valence-corrected chi connectivity index (χ1v) is 12.6. The van der Waals surface area contributed by atoms with Crippen molar-refractivity contribution < 1.29 is 29.0 Å². The third kappa shape index (κ3) is 6.19. The van der Waals surface area contributed by atoms with Gasteiger partial charge in [-0.15, -0.1) is 11.3 Å². The van der Waals surface area contributed by atoms with Gasteiger partial charge in [-0.2, -0.15) is 0 Å². The molecular formula is C27H29NO6S. The van der Waals surface area contributed by atoms with Crippen LogP contribution < -0.4 is 14.8 Å². The quantitative estimate of drug-likeness (QED) is 0.291. The molecule has 8 heteroatoms. The van der Waals surface area contributed by atoms with Gasteiger partial charge >= 0.3 is 5.97 Å². The summed E-state index contributed by atoms with van der Waals surface area (Å²) >= 11 is 1.41. The van der Waals surface area contributed by atoms with Gasteiger partial charge in [0, 0.05) is 28.6 Å². The second-order valence-electron chi connectivity index (χ2n) is 8.72. The molecule has 1 aliphatic rings. The Balaban J connectivity index is 1.20. The number of hydrogen-bond acceptors (Lipinski definition) is 6. The summed E-state index contributed by atoms with van der Waals surface area (Å²) in [5.41, 5.74) is 0.606. The van der Waals surface area contributed by atoms with Gasteiger partial charge in [-0.1, -0.05) is 6.07 Å². The van der Waals surface area contributed by atoms with Gasteiger partial charge in [-0.3, -0.25) is 14.4 Å². The Hall–Kier alpha value is -3.39. The van der Waals surface area contributed by atoms with Crippen molar-refractivity contribution in [1.29, 1.82) is 0 Å². The molecule has 184 valence electrons. The van der Waals surface area contributed by atoms with Crippen LogP contribution in [0.5, 0.6) is 11.5 Å². The first kappa shape index (κ1) is 24.7. The molecule has 2 N–H and O–H groups in total. The van der Waals surface area contributed by atoms with E-state index in [4.69, 9.17) is 14.6 Å². The molecule has 1 amide bonds. The zero-order valence-electron chi connectivity index (χ0n) is 19.6. The van der Waals surface area contributed by atoms with E-state index in [-0.39, 0.29) is 23.7 Å². The fourth-order valence-corrected chi connectivity index (χ4v) is 5.34. The first-order valence-electron chi connectivity index (χ1n) is 11.8. The van der Waals surface area contributed by atoms with Crippen LogP contribution in [0.25, 0.3) is 10.1 Å². The summed E-state index contributed by atoms with van der Waals surface area (Å²) in [5.74, 6) is 0.289. The maximum Gasteiger partial charge on any atom is 0.306 e. The molecule has 1 fully saturated rings. The number of aliphatic carboxylic acids is 1. The number of fused-ring (bicyclic) bond motifs is 1. The van der Waals surface area contributed by atoms with E-state index in [0.29, 0.717) is 48.4 Å². The second kappa shape index (κ2) is 11.4. The van der Waals surface area contributed by atoms with E-state index in [0.717, 1.165) is 28.7 Å². The largest absolute Gasteiger partial charge is 0.496 e. The van der Waals surface area contributed by atoms with E-state index in [1.165, 1.54) is 11.3 Å². The van der Waals surface area contributed by atoms with Gasteiger partial charge in [0.15, 0.2) is 5.78 Å². The van der Waals surface area contributed by atoms with Crippen LogP contribution in [0.4, 0.5) is 0 Å². The highest BCUT2D eigenvalue weighted by Gasteiger charge is 2.26. The van der Waals surface area contributed by atoms with E-state index < -0.39 is 5.97 Å². The normalized spacial score (nSPS) is 17.6. The molecule has 0 radical (unpaired) electrons. The van der Waals surface area contributed by atoms with Crippen molar-refractivity contribution in [2.75, 3.05) is 13.7 Å². The lowest BCUT2D eigenvalue weighted by Gasteiger charge is -2.26. The SMILES string of the molecule is COc1cccc2sc(C(=O)NCCCC(=O)c3ccc(OC4CCC(C(=O)O)CC4)cc3)cc12. The Kier molecular flexibility index (Phi) is 8.02. The van der Waals surface area contributed by atoms with Gasteiger partial charge < -0.3 is 19.9 Å². The number of nitrogens with one attached hydrogen (secondary N) is 1. The molecule has 7 nitrogen and oxygen atoms in total. The average Bonchev–Trinajstić information content (AvgIpc) is 3.32. The molecule has 2 aromatic carbocycles. The number of Topliss-reactive ketones (excluding diaryl/α,β-unsaturated/α-hetero) is 1. The molecule has 35 heavy (non-hydrogen) atoms. The van der Waals surface area contributed by atoms with Crippen LogP contribution in [0.3, 0.4) is 0 Å². The zero-order valence-corrected chi connectivity index (χ0v) is 20.4. The Morgan fingerprint density at radius 2 is 1.80 bits per heavy atom. The third-order valence-corrected chi connectivity index (χ3v) is 7.43. The number of thiophene rings is 1. The number of hydrogen-bond donors (Lipinski definition) is 2. The number of carbonyl (C=O) groups is 3. The van der Waals surface area contributed by atoms with E-state index in [1.54, 1.807) is 31.4 Å². The summed E-state index contributed by atoms with van der Waals surface area (Å²) in [6, 6.07) is 14.6. The molecule has 0 saturated heterocycles. The molecule has 1 saturated carbocycles. The lowest BCUT2D eigenvalue weighted by Crippen LogP contribution is -2.27. The molecule has 1 aromatic heterocycles. The van der Waals surface area contributed by atoms with Crippen LogP contribution in [0.1, 0.15) is 58.6 Å². The van der Waals surface area contributed by atoms with Crippen molar-refractivity contribution in [3.05, 3.63) is 59.0 Å². The predicted octanol–water partition coefficient (Wildman–Crippen LogP) is 5.33. The number of benzene rings is 2. The van der Waals surface area contributed by atoms with Crippen molar-refractivity contribution >= 4 is 39.1 Å². The molecule has 0 aliphatic heterocycles. The molecule has 0 unspecified atom stereocenters. The number of ether oxygens (including phenoxy) is 2. The number of amides is 1. The third-order valence-electron chi connectivity index (χ3n) is 6.33. The van der Waals surface area contributed by atoms with Gasteiger partial charge in [0.2, 0.25) is 0 Å². The smallest absolute Gasteiger partial charge is 0.306 e. The zero-order chi connectivity index (χ0) is 24.8. The Morgan fingerprint density at radius 3 is 2.49 bits per heavy atom. The van der Waals surface area contributed by atoms with Crippen LogP contribution in [0.2, 0.25) is 0 Å². The number of methoxy groups -OCH3 is 1. The van der Waals surface area contributed by atoms with Gasteiger partial charge in [-0.25, -0.2) is 0 Å². The summed E-state index contributed by atoms with van der Waals surface area (Å²) in [7, 11) is 1.61. The van der Waals surface area contributed by atoms with E-state index >= 15 is 0 Å². The minimum Gasteiger partial charge on any atom is -0.496 e. The maximum absolute atomic E-state index is 12.5. The molecule has 1 heterocycles. The topological polar surface area (TPSA) is 102 Å². The van der Waals surface area contributed by atoms with E-state index in [9.17, 15) is 14.4 Å². The van der Waals surface area contributed by atoms with E-state index in [1.807, 2.05) is 24.3 Å². The Bertz CT molecular complexity index is 1190. The van der Waals surface area contributed by atoms with Gasteiger partial charge in [0.1, 0.15) is 11.5 Å². The maximum atomic E-state index is 12.5. The van der Waals surface area contributed by atoms with Gasteiger partial charge in [0.25, 0.3) is 5.91 Å². The summed E-state index contributed by atoms with van der Waals surface area (Å²) in [6.07, 6.45) is 3.59. The summed E-state index contributed by atoms with van der Waals surface area (Å²) in [5, 5.41) is 12.9. The number of carboxylic acids is 1. The van der Waals surface area contributed by atoms with Crippen molar-refractivity contribution in [3.8, 4) is 11.5 Å². The molecule has 0 bridgehead atoms. The fourth-order valence-electron chi connectivity index (χ4n) is 4.35. The molecule has 4 rings (SSSR count). The van der Waals surface area contributed by atoms with Gasteiger partial charge in [-0.05, 0) is 74.6 Å². The molecule has 1 aliphatic carbocycles. The van der Waals surface area contributed by atoms with Crippen molar-refractivity contribution in [3.63, 3.8) is 0 Å². The van der Waals surface area contributed by atoms with E-state index in [2.05, 4.69) is 5.32 Å². The summed E-state index contributed by atoms with van der Waals surface area (Å²) in [4.78, 5) is 36.7. The van der Waals surface area contributed by atoms with Crippen molar-refractivity contribution in [1.82, 2.24) is 5.32 Å². The summed E-state index contributed by atoms with van der Waals surface area (Å²) < 4.78 is 12.3. The monoisotopic (exact) mass is 495 g/mol. The highest BCUT2D eigenvalue weighted by Crippen LogP contribution is 2.32. The van der Waals surface area contributed by atoms with Crippen LogP contribution in [-0.2, 0) is 4.79 Å². The lowest BCUT2D eigenvalue weighted by atomic mass is 9.87. The van der Waals surface area contributed by atoms with Crippen LogP contribution in [0.15, 0.2) is 48.5 Å². The minimum atomic E-state index is -0.730. The molecular weight excluding hydrogens is 466 g/mol. The number of carbonyl (C=O) groups excluding carboxylic acids is 2. The number of ketones is 1.